The minimum absolute atomic E-state index is 0.138. The fourth-order valence-corrected chi connectivity index (χ4v) is 7.21. The highest BCUT2D eigenvalue weighted by atomic mass is 32.2. The first-order valence-corrected chi connectivity index (χ1v) is 11.4. The summed E-state index contributed by atoms with van der Waals surface area (Å²) in [6.45, 7) is 2.38. The first-order valence-electron chi connectivity index (χ1n) is 10.5. The van der Waals surface area contributed by atoms with Crippen LogP contribution in [0.1, 0.15) is 33.0 Å². The van der Waals surface area contributed by atoms with Crippen molar-refractivity contribution in [3.8, 4) is 34.5 Å². The van der Waals surface area contributed by atoms with Crippen molar-refractivity contribution < 1.29 is 28.4 Å². The van der Waals surface area contributed by atoms with Crippen molar-refractivity contribution in [1.29, 1.82) is 0 Å². The van der Waals surface area contributed by atoms with E-state index in [4.69, 9.17) is 28.4 Å². The molecule has 8 nitrogen and oxygen atoms in total. The van der Waals surface area contributed by atoms with Crippen molar-refractivity contribution >= 4 is 11.8 Å². The van der Waals surface area contributed by atoms with Crippen LogP contribution in [0, 0.1) is 0 Å². The van der Waals surface area contributed by atoms with Gasteiger partial charge in [-0.25, -0.2) is 10.0 Å². The van der Waals surface area contributed by atoms with Gasteiger partial charge in [0.1, 0.15) is 10.7 Å². The first-order chi connectivity index (χ1) is 15.3. The summed E-state index contributed by atoms with van der Waals surface area (Å²) in [4.78, 5) is 0. The quantitative estimate of drug-likeness (QED) is 0.698. The first kappa shape index (κ1) is 18.1. The van der Waals surface area contributed by atoms with Crippen LogP contribution >= 0.6 is 11.8 Å². The number of thioether (sulfide) groups is 1. The van der Waals surface area contributed by atoms with Crippen LogP contribution in [0.2, 0.25) is 0 Å². The molecular formula is C22H22N2O6S. The van der Waals surface area contributed by atoms with E-state index in [0.29, 0.717) is 0 Å². The molecule has 0 N–H and O–H groups in total. The lowest BCUT2D eigenvalue weighted by molar-refractivity contribution is -0.0374. The summed E-state index contributed by atoms with van der Waals surface area (Å²) in [5.41, 5.74) is 4.93. The minimum atomic E-state index is 0.138. The van der Waals surface area contributed by atoms with Gasteiger partial charge in [-0.05, 0) is 36.1 Å². The number of rotatable bonds is 2. The lowest BCUT2D eigenvalue weighted by Crippen LogP contribution is -2.45. The molecule has 2 atom stereocenters. The third-order valence-electron chi connectivity index (χ3n) is 6.74. The van der Waals surface area contributed by atoms with E-state index in [-0.39, 0.29) is 24.3 Å². The average molecular weight is 442 g/mol. The zero-order valence-corrected chi connectivity index (χ0v) is 18.1. The van der Waals surface area contributed by atoms with Crippen LogP contribution in [-0.4, -0.2) is 50.9 Å². The van der Waals surface area contributed by atoms with Gasteiger partial charge in [0.25, 0.3) is 0 Å². The van der Waals surface area contributed by atoms with E-state index < -0.39 is 0 Å². The van der Waals surface area contributed by atoms with Crippen LogP contribution in [0.5, 0.6) is 34.5 Å². The molecule has 0 spiro atoms. The fourth-order valence-electron chi connectivity index (χ4n) is 5.44. The normalized spacial score (nSPS) is 25.0. The Kier molecular flexibility index (Phi) is 3.80. The van der Waals surface area contributed by atoms with Gasteiger partial charge in [-0.2, -0.15) is 0 Å². The maximum Gasteiger partial charge on any atom is 0.231 e. The second-order valence-corrected chi connectivity index (χ2v) is 9.26. The van der Waals surface area contributed by atoms with Crippen LogP contribution in [-0.2, 0) is 12.8 Å². The SMILES string of the molecule is COc1c2c(cc3c1[C@@H]1S[C@H]4c5c(cc6c(c5OC)OCO6)CCN4N1CC3)OCO2. The van der Waals surface area contributed by atoms with Crippen molar-refractivity contribution in [2.45, 2.75) is 23.6 Å². The largest absolute Gasteiger partial charge is 0.492 e. The standard InChI is InChI=1S/C22H22N2O6S/c1-25-19-15-11(7-13-17(19)29-9-27-13)3-5-23-21(15)31-22-16-12(4-6-24(22)23)8-14-18(20(16)26-2)30-10-28-14/h7-8,21-22H,3-6,9-10H2,1-2H3/t21-,22-/m0/s1. The number of hydrogen-bond acceptors (Lipinski definition) is 9. The molecule has 7 rings (SSSR count). The molecule has 5 heterocycles. The number of methoxy groups -OCH3 is 2. The fraction of sp³-hybridized carbons (Fsp3) is 0.455. The molecule has 162 valence electrons. The highest BCUT2D eigenvalue weighted by molar-refractivity contribution is 7.99. The van der Waals surface area contributed by atoms with Gasteiger partial charge in [0.15, 0.2) is 23.0 Å². The number of fused-ring (bicyclic) bond motifs is 9. The van der Waals surface area contributed by atoms with E-state index in [1.165, 1.54) is 22.3 Å². The summed E-state index contributed by atoms with van der Waals surface area (Å²) >= 11 is 1.91. The molecule has 1 saturated heterocycles. The lowest BCUT2D eigenvalue weighted by atomic mass is 9.96. The Morgan fingerprint density at radius 3 is 1.71 bits per heavy atom. The van der Waals surface area contributed by atoms with Gasteiger partial charge >= 0.3 is 0 Å². The van der Waals surface area contributed by atoms with E-state index in [2.05, 4.69) is 22.2 Å². The van der Waals surface area contributed by atoms with E-state index in [9.17, 15) is 0 Å². The maximum atomic E-state index is 5.87. The van der Waals surface area contributed by atoms with Gasteiger partial charge in [-0.3, -0.25) is 0 Å². The Morgan fingerprint density at radius 1 is 0.774 bits per heavy atom. The molecule has 0 unspecified atom stereocenters. The Morgan fingerprint density at radius 2 is 1.26 bits per heavy atom. The lowest BCUT2D eigenvalue weighted by Gasteiger charge is -2.39. The highest BCUT2D eigenvalue weighted by Crippen LogP contribution is 2.63. The number of hydrazine groups is 1. The zero-order valence-electron chi connectivity index (χ0n) is 17.3. The van der Waals surface area contributed by atoms with Crippen LogP contribution in [0.3, 0.4) is 0 Å². The Hall–Kier alpha value is -2.49. The topological polar surface area (TPSA) is 61.9 Å². The monoisotopic (exact) mass is 442 g/mol. The number of hydrogen-bond donors (Lipinski definition) is 0. The third-order valence-corrected chi connectivity index (χ3v) is 8.21. The molecule has 5 aliphatic heterocycles. The minimum Gasteiger partial charge on any atom is -0.492 e. The molecule has 2 aromatic rings. The molecule has 31 heavy (non-hydrogen) atoms. The molecule has 0 amide bonds. The number of benzene rings is 2. The van der Waals surface area contributed by atoms with Gasteiger partial charge in [0.2, 0.25) is 25.1 Å². The molecule has 0 aromatic heterocycles. The van der Waals surface area contributed by atoms with E-state index in [0.717, 1.165) is 60.4 Å². The molecular weight excluding hydrogens is 420 g/mol. The second-order valence-electron chi connectivity index (χ2n) is 8.10. The Bertz CT molecular complexity index is 1020. The third kappa shape index (κ3) is 2.34. The Balaban J connectivity index is 1.36. The van der Waals surface area contributed by atoms with Gasteiger partial charge in [0.05, 0.1) is 14.2 Å². The summed E-state index contributed by atoms with van der Waals surface area (Å²) in [6.07, 6.45) is 1.88. The number of nitrogens with zero attached hydrogens (tertiary/aromatic N) is 2. The smallest absolute Gasteiger partial charge is 0.231 e. The van der Waals surface area contributed by atoms with Crippen molar-refractivity contribution in [1.82, 2.24) is 10.0 Å². The van der Waals surface area contributed by atoms with Gasteiger partial charge in [-0.1, -0.05) is 0 Å². The van der Waals surface area contributed by atoms with Crippen LogP contribution in [0.15, 0.2) is 12.1 Å². The molecule has 2 aromatic carbocycles. The molecule has 0 aliphatic carbocycles. The van der Waals surface area contributed by atoms with Crippen molar-refractivity contribution in [2.24, 2.45) is 0 Å². The molecule has 5 aliphatic rings. The summed E-state index contributed by atoms with van der Waals surface area (Å²) in [7, 11) is 3.42. The number of ether oxygens (including phenoxy) is 6. The Labute approximate surface area is 183 Å². The molecule has 0 saturated carbocycles. The highest BCUT2D eigenvalue weighted by Gasteiger charge is 2.50. The predicted molar refractivity (Wildman–Crippen MR) is 112 cm³/mol. The van der Waals surface area contributed by atoms with Crippen LogP contribution in [0.25, 0.3) is 0 Å². The molecule has 1 fully saturated rings. The maximum absolute atomic E-state index is 5.87. The predicted octanol–water partition coefficient (Wildman–Crippen LogP) is 3.24. The van der Waals surface area contributed by atoms with Gasteiger partial charge < -0.3 is 28.4 Å². The average Bonchev–Trinajstić information content (AvgIpc) is 3.52. The summed E-state index contributed by atoms with van der Waals surface area (Å²) in [5, 5.41) is 5.24. The summed E-state index contributed by atoms with van der Waals surface area (Å²) < 4.78 is 34.6. The second kappa shape index (κ2) is 6.51. The van der Waals surface area contributed by atoms with E-state index in [1.54, 1.807) is 14.2 Å². The summed E-state index contributed by atoms with van der Waals surface area (Å²) in [5.74, 6) is 4.59. The van der Waals surface area contributed by atoms with Gasteiger partial charge in [0, 0.05) is 24.2 Å². The van der Waals surface area contributed by atoms with Crippen molar-refractivity contribution in [3.05, 3.63) is 34.4 Å². The summed E-state index contributed by atoms with van der Waals surface area (Å²) in [6, 6.07) is 4.25. The van der Waals surface area contributed by atoms with E-state index >= 15 is 0 Å². The van der Waals surface area contributed by atoms with Crippen LogP contribution < -0.4 is 28.4 Å². The van der Waals surface area contributed by atoms with Gasteiger partial charge in [-0.15, -0.1) is 11.8 Å². The van der Waals surface area contributed by atoms with Crippen LogP contribution in [0.4, 0.5) is 0 Å². The van der Waals surface area contributed by atoms with Crippen molar-refractivity contribution in [3.63, 3.8) is 0 Å². The molecule has 9 heteroatoms. The zero-order chi connectivity index (χ0) is 20.7. The van der Waals surface area contributed by atoms with Crippen molar-refractivity contribution in [2.75, 3.05) is 40.9 Å². The molecule has 0 bridgehead atoms. The molecule has 0 radical (unpaired) electrons. The van der Waals surface area contributed by atoms with E-state index in [1.807, 2.05) is 11.8 Å².